The van der Waals surface area contributed by atoms with E-state index in [2.05, 4.69) is 30.9 Å². The number of rotatable bonds is 5. The van der Waals surface area contributed by atoms with Crippen LogP contribution in [0.4, 0.5) is 17.2 Å². The van der Waals surface area contributed by atoms with Crippen LogP contribution in [0.1, 0.15) is 5.82 Å². The topological polar surface area (TPSA) is 82.9 Å². The monoisotopic (exact) mass is 389 g/mol. The molecule has 0 fully saturated rings. The van der Waals surface area contributed by atoms with Crippen LogP contribution in [-0.2, 0) is 6.54 Å². The largest absolute Gasteiger partial charge is 0.377 e. The molecule has 3 N–H and O–H groups in total. The summed E-state index contributed by atoms with van der Waals surface area (Å²) in [6, 6.07) is 19.4. The van der Waals surface area contributed by atoms with Gasteiger partial charge >= 0.3 is 0 Å². The molecule has 0 atom stereocenters. The van der Waals surface area contributed by atoms with Crippen molar-refractivity contribution in [1.82, 2.24) is 24.8 Å². The van der Waals surface area contributed by atoms with Crippen LogP contribution in [0.2, 0.25) is 5.02 Å². The third kappa shape index (κ3) is 3.12. The second-order valence-electron chi connectivity index (χ2n) is 6.34. The highest BCUT2D eigenvalue weighted by Gasteiger charge is 2.09. The van der Waals surface area contributed by atoms with Crippen LogP contribution in [0.15, 0.2) is 66.9 Å². The Bertz CT molecular complexity index is 1270. The van der Waals surface area contributed by atoms with Crippen LogP contribution < -0.4 is 10.6 Å². The lowest BCUT2D eigenvalue weighted by Crippen LogP contribution is -2.07. The van der Waals surface area contributed by atoms with Crippen molar-refractivity contribution in [3.05, 3.63) is 77.7 Å². The number of H-pyrrole nitrogens is 1. The number of nitrogens with one attached hydrogen (secondary N) is 3. The van der Waals surface area contributed by atoms with Crippen LogP contribution in [0, 0.1) is 0 Å². The van der Waals surface area contributed by atoms with Gasteiger partial charge in [0, 0.05) is 33.5 Å². The number of hydrogen-bond donors (Lipinski definition) is 3. The summed E-state index contributed by atoms with van der Waals surface area (Å²) in [7, 11) is 0. The molecular weight excluding hydrogens is 374 g/mol. The second kappa shape index (κ2) is 6.86. The molecule has 0 radical (unpaired) electrons. The molecule has 28 heavy (non-hydrogen) atoms. The highest BCUT2D eigenvalue weighted by Crippen LogP contribution is 2.23. The van der Waals surface area contributed by atoms with Crippen molar-refractivity contribution in [2.45, 2.75) is 6.54 Å². The number of benzene rings is 2. The van der Waals surface area contributed by atoms with E-state index in [1.807, 2.05) is 66.9 Å². The molecule has 0 bridgehead atoms. The maximum Gasteiger partial charge on any atom is 0.178 e. The zero-order valence-corrected chi connectivity index (χ0v) is 15.5. The van der Waals surface area contributed by atoms with E-state index in [1.54, 1.807) is 4.52 Å². The number of anilines is 3. The maximum absolute atomic E-state index is 6.05. The first kappa shape index (κ1) is 16.6. The number of aromatic amines is 1. The number of halogens is 1. The number of fused-ring (bicyclic) bond motifs is 2. The van der Waals surface area contributed by atoms with Crippen LogP contribution >= 0.6 is 11.6 Å². The summed E-state index contributed by atoms with van der Waals surface area (Å²) in [4.78, 5) is 3.21. The molecule has 7 nitrogen and oxygen atoms in total. The Kier molecular flexibility index (Phi) is 4.06. The zero-order chi connectivity index (χ0) is 18.9. The van der Waals surface area contributed by atoms with Gasteiger partial charge in [0.05, 0.1) is 6.54 Å². The fourth-order valence-corrected chi connectivity index (χ4v) is 3.33. The van der Waals surface area contributed by atoms with E-state index < -0.39 is 0 Å². The fourth-order valence-electron chi connectivity index (χ4n) is 3.14. The summed E-state index contributed by atoms with van der Waals surface area (Å²) in [6.07, 6.45) is 1.93. The van der Waals surface area contributed by atoms with Crippen molar-refractivity contribution in [3.63, 3.8) is 0 Å². The molecule has 8 heteroatoms. The molecule has 0 amide bonds. The van der Waals surface area contributed by atoms with Gasteiger partial charge in [-0.3, -0.25) is 0 Å². The smallest absolute Gasteiger partial charge is 0.178 e. The van der Waals surface area contributed by atoms with Crippen LogP contribution in [0.3, 0.4) is 0 Å². The lowest BCUT2D eigenvalue weighted by Gasteiger charge is -2.08. The molecule has 3 aromatic heterocycles. The van der Waals surface area contributed by atoms with Crippen LogP contribution in [0.5, 0.6) is 0 Å². The van der Waals surface area contributed by atoms with Crippen molar-refractivity contribution in [2.75, 3.05) is 10.6 Å². The Hall–Kier alpha value is -3.58. The Balaban J connectivity index is 1.41. The van der Waals surface area contributed by atoms with Gasteiger partial charge in [0.15, 0.2) is 17.3 Å². The SMILES string of the molecule is Clc1cccc(Nc2ccc3nnc(CNc4cccc5[nH]ccc45)n3n2)c1. The first-order valence-corrected chi connectivity index (χ1v) is 9.18. The van der Waals surface area contributed by atoms with Gasteiger partial charge in [0.1, 0.15) is 0 Å². The fraction of sp³-hybridized carbons (Fsp3) is 0.0500. The Labute approximate surface area is 165 Å². The molecule has 0 unspecified atom stereocenters. The minimum atomic E-state index is 0.499. The normalized spacial score (nSPS) is 11.2. The van der Waals surface area contributed by atoms with Gasteiger partial charge in [-0.2, -0.15) is 4.52 Å². The van der Waals surface area contributed by atoms with Gasteiger partial charge in [-0.05, 0) is 48.5 Å². The average molecular weight is 390 g/mol. The number of hydrogen-bond acceptors (Lipinski definition) is 5. The summed E-state index contributed by atoms with van der Waals surface area (Å²) in [5.41, 5.74) is 3.67. The first-order chi connectivity index (χ1) is 13.8. The predicted molar refractivity (Wildman–Crippen MR) is 111 cm³/mol. The summed E-state index contributed by atoms with van der Waals surface area (Å²) in [5.74, 6) is 1.40. The second-order valence-corrected chi connectivity index (χ2v) is 6.77. The van der Waals surface area contributed by atoms with Gasteiger partial charge in [-0.1, -0.05) is 23.7 Å². The number of aromatic nitrogens is 5. The average Bonchev–Trinajstić information content (AvgIpc) is 3.33. The molecule has 5 rings (SSSR count). The molecule has 5 aromatic rings. The zero-order valence-electron chi connectivity index (χ0n) is 14.7. The quantitative estimate of drug-likeness (QED) is 0.408. The molecule has 3 heterocycles. The Morgan fingerprint density at radius 3 is 2.86 bits per heavy atom. The van der Waals surface area contributed by atoms with Crippen molar-refractivity contribution in [3.8, 4) is 0 Å². The molecule has 0 aliphatic rings. The predicted octanol–water partition coefficient (Wildman–Crippen LogP) is 4.61. The van der Waals surface area contributed by atoms with Crippen molar-refractivity contribution < 1.29 is 0 Å². The molecular formula is C20H16ClN7. The molecule has 138 valence electrons. The summed E-state index contributed by atoms with van der Waals surface area (Å²) >= 11 is 6.05. The lowest BCUT2D eigenvalue weighted by molar-refractivity contribution is 0.833. The molecule has 0 aliphatic heterocycles. The van der Waals surface area contributed by atoms with E-state index in [9.17, 15) is 0 Å². The first-order valence-electron chi connectivity index (χ1n) is 8.80. The molecule has 2 aromatic carbocycles. The van der Waals surface area contributed by atoms with Gasteiger partial charge < -0.3 is 15.6 Å². The molecule has 0 spiro atoms. The van der Waals surface area contributed by atoms with E-state index in [0.717, 1.165) is 28.1 Å². The molecule has 0 saturated carbocycles. The highest BCUT2D eigenvalue weighted by atomic mass is 35.5. The standard InChI is InChI=1S/C20H16ClN7/c21-13-3-1-4-14(11-13)24-18-7-8-19-25-26-20(28(19)27-18)12-23-17-6-2-5-16-15(17)9-10-22-16/h1-11,22-23H,12H2,(H,24,27). The third-order valence-corrected chi connectivity index (χ3v) is 4.69. The maximum atomic E-state index is 6.05. The molecule has 0 aliphatic carbocycles. The van der Waals surface area contributed by atoms with Gasteiger partial charge in [0.2, 0.25) is 0 Å². The summed E-state index contributed by atoms with van der Waals surface area (Å²) in [5, 5.41) is 21.6. The minimum absolute atomic E-state index is 0.499. The van der Waals surface area contributed by atoms with Gasteiger partial charge in [0.25, 0.3) is 0 Å². The summed E-state index contributed by atoms with van der Waals surface area (Å²) < 4.78 is 1.73. The lowest BCUT2D eigenvalue weighted by atomic mass is 10.2. The number of nitrogens with zero attached hydrogens (tertiary/aromatic N) is 4. The van der Waals surface area contributed by atoms with Crippen LogP contribution in [-0.4, -0.2) is 24.8 Å². The van der Waals surface area contributed by atoms with E-state index in [0.29, 0.717) is 23.0 Å². The molecule has 0 saturated heterocycles. The van der Waals surface area contributed by atoms with E-state index >= 15 is 0 Å². The van der Waals surface area contributed by atoms with Gasteiger partial charge in [-0.15, -0.1) is 15.3 Å². The minimum Gasteiger partial charge on any atom is -0.377 e. The van der Waals surface area contributed by atoms with E-state index in [-0.39, 0.29) is 0 Å². The third-order valence-electron chi connectivity index (χ3n) is 4.46. The van der Waals surface area contributed by atoms with E-state index in [4.69, 9.17) is 11.6 Å². The van der Waals surface area contributed by atoms with Crippen molar-refractivity contribution >= 4 is 45.3 Å². The van der Waals surface area contributed by atoms with E-state index in [1.165, 1.54) is 0 Å². The van der Waals surface area contributed by atoms with Gasteiger partial charge in [-0.25, -0.2) is 0 Å². The Morgan fingerprint density at radius 2 is 1.93 bits per heavy atom. The van der Waals surface area contributed by atoms with Crippen molar-refractivity contribution in [1.29, 1.82) is 0 Å². The Morgan fingerprint density at radius 1 is 1.00 bits per heavy atom. The van der Waals surface area contributed by atoms with Crippen molar-refractivity contribution in [2.24, 2.45) is 0 Å². The summed E-state index contributed by atoms with van der Waals surface area (Å²) in [6.45, 7) is 0.499. The highest BCUT2D eigenvalue weighted by molar-refractivity contribution is 6.30. The van der Waals surface area contributed by atoms with Crippen LogP contribution in [0.25, 0.3) is 16.6 Å².